The van der Waals surface area contributed by atoms with Crippen LogP contribution >= 0.6 is 0 Å². The van der Waals surface area contributed by atoms with E-state index in [0.29, 0.717) is 6.04 Å². The van der Waals surface area contributed by atoms with Crippen molar-refractivity contribution >= 4 is 0 Å². The number of hydrogen-bond acceptors (Lipinski definition) is 1. The summed E-state index contributed by atoms with van der Waals surface area (Å²) in [5.74, 6) is 0. The van der Waals surface area contributed by atoms with E-state index in [0.717, 1.165) is 19.5 Å². The average Bonchev–Trinajstić information content (AvgIpc) is 2.30. The van der Waals surface area contributed by atoms with Gasteiger partial charge < -0.3 is 0 Å². The molecule has 1 aromatic carbocycles. The number of hydrogen-bond donors (Lipinski definition) is 0. The lowest BCUT2D eigenvalue weighted by Gasteiger charge is -2.34. The zero-order chi connectivity index (χ0) is 11.4. The molecule has 0 amide bonds. The average molecular weight is 213 g/mol. The van der Waals surface area contributed by atoms with Gasteiger partial charge in [0.25, 0.3) is 0 Å². The molecule has 0 N–H and O–H groups in total. The van der Waals surface area contributed by atoms with E-state index in [1.54, 1.807) is 0 Å². The predicted octanol–water partition coefficient (Wildman–Crippen LogP) is 3.18. The Kier molecular flexibility index (Phi) is 3.58. The highest BCUT2D eigenvalue weighted by atomic mass is 15.1. The highest BCUT2D eigenvalue weighted by Crippen LogP contribution is 2.22. The Hall–Kier alpha value is -1.34. The number of benzene rings is 1. The second-order valence-corrected chi connectivity index (χ2v) is 4.42. The maximum Gasteiger partial charge on any atom is 0.0242 e. The maximum absolute atomic E-state index is 3.69. The molecule has 1 nitrogen and oxygen atoms in total. The van der Waals surface area contributed by atoms with Crippen LogP contribution in [0.1, 0.15) is 18.1 Å². The Labute approximate surface area is 98.1 Å². The van der Waals surface area contributed by atoms with Crippen molar-refractivity contribution in [1.29, 1.82) is 0 Å². The minimum atomic E-state index is 0.629. The van der Waals surface area contributed by atoms with E-state index < -0.39 is 0 Å². The van der Waals surface area contributed by atoms with Crippen LogP contribution in [-0.2, 0) is 13.0 Å². The van der Waals surface area contributed by atoms with Crippen LogP contribution in [0, 0.1) is 0 Å². The molecule has 1 heterocycles. The van der Waals surface area contributed by atoms with Crippen molar-refractivity contribution in [2.75, 3.05) is 6.54 Å². The Morgan fingerprint density at radius 3 is 2.88 bits per heavy atom. The summed E-state index contributed by atoms with van der Waals surface area (Å²) in [7, 11) is 0. The molecule has 0 aliphatic carbocycles. The van der Waals surface area contributed by atoms with Gasteiger partial charge in [-0.2, -0.15) is 0 Å². The van der Waals surface area contributed by atoms with Crippen molar-refractivity contribution < 1.29 is 0 Å². The Morgan fingerprint density at radius 1 is 1.38 bits per heavy atom. The van der Waals surface area contributed by atoms with Gasteiger partial charge in [-0.3, -0.25) is 4.90 Å². The summed E-state index contributed by atoms with van der Waals surface area (Å²) in [6, 6.07) is 9.39. The van der Waals surface area contributed by atoms with Crippen LogP contribution in [0.5, 0.6) is 0 Å². The second-order valence-electron chi connectivity index (χ2n) is 4.42. The lowest BCUT2D eigenvalue weighted by molar-refractivity contribution is 0.206. The van der Waals surface area contributed by atoms with E-state index in [9.17, 15) is 0 Å². The SMILES string of the molecule is C=CC=CCN1Cc2ccccc2CC1C. The summed E-state index contributed by atoms with van der Waals surface area (Å²) < 4.78 is 0. The second kappa shape index (κ2) is 5.13. The number of allylic oxidation sites excluding steroid dienone is 2. The van der Waals surface area contributed by atoms with Crippen LogP contribution < -0.4 is 0 Å². The molecule has 2 rings (SSSR count). The first-order valence-electron chi connectivity index (χ1n) is 5.89. The molecule has 84 valence electrons. The van der Waals surface area contributed by atoms with Gasteiger partial charge in [-0.25, -0.2) is 0 Å². The first-order valence-corrected chi connectivity index (χ1v) is 5.89. The first kappa shape index (κ1) is 11.2. The maximum atomic E-state index is 3.69. The van der Waals surface area contributed by atoms with Gasteiger partial charge in [0.05, 0.1) is 0 Å². The molecule has 1 aromatic rings. The number of fused-ring (bicyclic) bond motifs is 1. The van der Waals surface area contributed by atoms with Crippen LogP contribution in [0.15, 0.2) is 49.1 Å². The molecule has 1 unspecified atom stereocenters. The Morgan fingerprint density at radius 2 is 2.12 bits per heavy atom. The van der Waals surface area contributed by atoms with Crippen molar-refractivity contribution in [3.8, 4) is 0 Å². The van der Waals surface area contributed by atoms with Gasteiger partial charge in [-0.15, -0.1) is 0 Å². The summed E-state index contributed by atoms with van der Waals surface area (Å²) in [4.78, 5) is 2.50. The van der Waals surface area contributed by atoms with Gasteiger partial charge in [0.15, 0.2) is 0 Å². The minimum Gasteiger partial charge on any atom is -0.292 e. The highest BCUT2D eigenvalue weighted by Gasteiger charge is 2.20. The Bertz CT molecular complexity index is 392. The largest absolute Gasteiger partial charge is 0.292 e. The highest BCUT2D eigenvalue weighted by molar-refractivity contribution is 5.30. The van der Waals surface area contributed by atoms with Crippen molar-refractivity contribution in [1.82, 2.24) is 4.90 Å². The molecule has 16 heavy (non-hydrogen) atoms. The lowest BCUT2D eigenvalue weighted by Crippen LogP contribution is -2.38. The fourth-order valence-electron chi connectivity index (χ4n) is 2.27. The molecule has 0 saturated heterocycles. The molecular weight excluding hydrogens is 194 g/mol. The normalized spacial score (nSPS) is 20.9. The van der Waals surface area contributed by atoms with Gasteiger partial charge in [-0.05, 0) is 24.5 Å². The van der Waals surface area contributed by atoms with E-state index >= 15 is 0 Å². The molecule has 0 fully saturated rings. The summed E-state index contributed by atoms with van der Waals surface area (Å²) in [5, 5.41) is 0. The van der Waals surface area contributed by atoms with Crippen LogP contribution in [0.3, 0.4) is 0 Å². The molecule has 0 radical (unpaired) electrons. The van der Waals surface area contributed by atoms with Gasteiger partial charge >= 0.3 is 0 Å². The monoisotopic (exact) mass is 213 g/mol. The van der Waals surface area contributed by atoms with E-state index in [1.807, 2.05) is 12.2 Å². The number of nitrogens with zero attached hydrogens (tertiary/aromatic N) is 1. The molecule has 1 aliphatic rings. The fraction of sp³-hybridized carbons (Fsp3) is 0.333. The first-order chi connectivity index (χ1) is 7.81. The van der Waals surface area contributed by atoms with Crippen molar-refractivity contribution in [2.24, 2.45) is 0 Å². The molecule has 1 aliphatic heterocycles. The van der Waals surface area contributed by atoms with Gasteiger partial charge in [-0.1, -0.05) is 49.1 Å². The van der Waals surface area contributed by atoms with Crippen molar-refractivity contribution in [2.45, 2.75) is 25.9 Å². The van der Waals surface area contributed by atoms with Gasteiger partial charge in [0.1, 0.15) is 0 Å². The number of rotatable bonds is 3. The van der Waals surface area contributed by atoms with Crippen LogP contribution in [0.2, 0.25) is 0 Å². The third-order valence-corrected chi connectivity index (χ3v) is 3.24. The third-order valence-electron chi connectivity index (χ3n) is 3.24. The molecule has 0 saturated carbocycles. The summed E-state index contributed by atoms with van der Waals surface area (Å²) in [5.41, 5.74) is 2.99. The molecule has 1 atom stereocenters. The molecule has 0 aromatic heterocycles. The van der Waals surface area contributed by atoms with Gasteiger partial charge in [0, 0.05) is 19.1 Å². The lowest BCUT2D eigenvalue weighted by atomic mass is 9.95. The van der Waals surface area contributed by atoms with Crippen molar-refractivity contribution in [3.05, 3.63) is 60.2 Å². The minimum absolute atomic E-state index is 0.629. The Balaban J connectivity index is 2.08. The van der Waals surface area contributed by atoms with Crippen molar-refractivity contribution in [3.63, 3.8) is 0 Å². The topological polar surface area (TPSA) is 3.24 Å². The standard InChI is InChI=1S/C15H19N/c1-3-4-7-10-16-12-15-9-6-5-8-14(15)11-13(16)2/h3-9,13H,1,10-12H2,2H3. The fourth-order valence-corrected chi connectivity index (χ4v) is 2.27. The third kappa shape index (κ3) is 2.42. The summed E-state index contributed by atoms with van der Waals surface area (Å²) in [6.07, 6.45) is 7.20. The van der Waals surface area contributed by atoms with E-state index in [4.69, 9.17) is 0 Å². The van der Waals surface area contributed by atoms with Crippen LogP contribution in [0.25, 0.3) is 0 Å². The zero-order valence-corrected chi connectivity index (χ0v) is 9.89. The quantitative estimate of drug-likeness (QED) is 0.697. The van der Waals surface area contributed by atoms with E-state index in [-0.39, 0.29) is 0 Å². The molecule has 0 spiro atoms. The summed E-state index contributed by atoms with van der Waals surface area (Å²) >= 11 is 0. The summed E-state index contributed by atoms with van der Waals surface area (Å²) in [6.45, 7) is 8.08. The zero-order valence-electron chi connectivity index (χ0n) is 9.89. The van der Waals surface area contributed by atoms with Crippen LogP contribution in [-0.4, -0.2) is 17.5 Å². The molecule has 0 bridgehead atoms. The van der Waals surface area contributed by atoms with Crippen LogP contribution in [0.4, 0.5) is 0 Å². The van der Waals surface area contributed by atoms with E-state index in [2.05, 4.69) is 48.7 Å². The van der Waals surface area contributed by atoms with Gasteiger partial charge in [0.2, 0.25) is 0 Å². The molecule has 1 heteroatoms. The van der Waals surface area contributed by atoms with E-state index in [1.165, 1.54) is 11.1 Å². The predicted molar refractivity (Wildman–Crippen MR) is 69.4 cm³/mol. The smallest absolute Gasteiger partial charge is 0.0242 e. The molecular formula is C15H19N.